The molecule has 0 bridgehead atoms. The summed E-state index contributed by atoms with van der Waals surface area (Å²) in [5, 5.41) is 0. The fraction of sp³-hybridized carbons (Fsp3) is 0.714. The number of anilines is 1. The predicted molar refractivity (Wildman–Crippen MR) is 98.8 cm³/mol. The van der Waals surface area contributed by atoms with Crippen LogP contribution in [0, 0.1) is 5.92 Å². The van der Waals surface area contributed by atoms with Gasteiger partial charge in [0.05, 0.1) is 0 Å². The summed E-state index contributed by atoms with van der Waals surface area (Å²) in [6.45, 7) is 2.30. The Morgan fingerprint density at radius 3 is 2.09 bits per heavy atom. The number of rotatable bonds is 8. The van der Waals surface area contributed by atoms with Gasteiger partial charge in [0.2, 0.25) is 0 Å². The van der Waals surface area contributed by atoms with E-state index >= 15 is 0 Å². The van der Waals surface area contributed by atoms with E-state index < -0.39 is 0 Å². The van der Waals surface area contributed by atoms with Gasteiger partial charge in [0.15, 0.2) is 0 Å². The summed E-state index contributed by atoms with van der Waals surface area (Å²) in [4.78, 5) is 2.18. The molecule has 22 heavy (non-hydrogen) atoms. The summed E-state index contributed by atoms with van der Waals surface area (Å²) >= 11 is 0. The third kappa shape index (κ3) is 5.34. The smallest absolute Gasteiger partial charge is 0.0361 e. The normalized spacial score (nSPS) is 21.8. The first kappa shape index (κ1) is 17.4. The van der Waals surface area contributed by atoms with Gasteiger partial charge in [-0.25, -0.2) is 0 Å². The van der Waals surface area contributed by atoms with E-state index in [0.717, 1.165) is 11.8 Å². The Hall–Kier alpha value is -0.980. The van der Waals surface area contributed by atoms with Crippen molar-refractivity contribution >= 4 is 5.69 Å². The van der Waals surface area contributed by atoms with E-state index in [1.54, 1.807) is 5.56 Å². The Labute approximate surface area is 138 Å². The van der Waals surface area contributed by atoms with Gasteiger partial charge >= 0.3 is 0 Å². The molecule has 1 aliphatic rings. The summed E-state index contributed by atoms with van der Waals surface area (Å²) in [6.07, 6.45) is 14.4. The molecule has 1 aliphatic carbocycles. The van der Waals surface area contributed by atoms with Gasteiger partial charge in [-0.15, -0.1) is 0 Å². The zero-order valence-electron chi connectivity index (χ0n) is 15.0. The van der Waals surface area contributed by atoms with Gasteiger partial charge in [-0.2, -0.15) is 0 Å². The van der Waals surface area contributed by atoms with Crippen LogP contribution >= 0.6 is 0 Å². The molecule has 1 heteroatoms. The number of nitrogens with zero attached hydrogens (tertiary/aromatic N) is 1. The van der Waals surface area contributed by atoms with Crippen LogP contribution in [0.4, 0.5) is 5.69 Å². The zero-order chi connectivity index (χ0) is 15.8. The van der Waals surface area contributed by atoms with Crippen molar-refractivity contribution in [3.8, 4) is 0 Å². The van der Waals surface area contributed by atoms with Crippen LogP contribution in [0.2, 0.25) is 0 Å². The van der Waals surface area contributed by atoms with Crippen LogP contribution in [0.15, 0.2) is 24.3 Å². The molecule has 2 rings (SSSR count). The van der Waals surface area contributed by atoms with Crippen molar-refractivity contribution in [3.05, 3.63) is 29.8 Å². The van der Waals surface area contributed by atoms with E-state index in [0.29, 0.717) is 0 Å². The summed E-state index contributed by atoms with van der Waals surface area (Å²) in [5.74, 6) is 1.83. The Morgan fingerprint density at radius 2 is 1.50 bits per heavy atom. The minimum Gasteiger partial charge on any atom is -0.378 e. The second-order valence-corrected chi connectivity index (χ2v) is 7.41. The number of unbranched alkanes of at least 4 members (excludes halogenated alkanes) is 4. The second-order valence-electron chi connectivity index (χ2n) is 7.41. The van der Waals surface area contributed by atoms with Gasteiger partial charge in [0.1, 0.15) is 0 Å². The molecule has 124 valence electrons. The lowest BCUT2D eigenvalue weighted by atomic mass is 9.77. The lowest BCUT2D eigenvalue weighted by Gasteiger charge is -2.29. The fourth-order valence-corrected chi connectivity index (χ4v) is 3.87. The van der Waals surface area contributed by atoms with Gasteiger partial charge in [0, 0.05) is 19.8 Å². The van der Waals surface area contributed by atoms with Crippen molar-refractivity contribution in [3.63, 3.8) is 0 Å². The maximum atomic E-state index is 2.35. The third-order valence-electron chi connectivity index (χ3n) is 5.44. The molecule has 1 aromatic carbocycles. The highest BCUT2D eigenvalue weighted by atomic mass is 15.1. The van der Waals surface area contributed by atoms with E-state index in [4.69, 9.17) is 0 Å². The highest BCUT2D eigenvalue weighted by Gasteiger charge is 2.21. The Balaban J connectivity index is 1.70. The second kappa shape index (κ2) is 9.22. The van der Waals surface area contributed by atoms with E-state index in [2.05, 4.69) is 50.2 Å². The Morgan fingerprint density at radius 1 is 0.864 bits per heavy atom. The maximum Gasteiger partial charge on any atom is 0.0361 e. The summed E-state index contributed by atoms with van der Waals surface area (Å²) in [5.41, 5.74) is 2.87. The molecule has 1 nitrogen and oxygen atoms in total. The summed E-state index contributed by atoms with van der Waals surface area (Å²) in [6, 6.07) is 9.25. The Bertz CT molecular complexity index is 398. The van der Waals surface area contributed by atoms with E-state index in [-0.39, 0.29) is 0 Å². The SMILES string of the molecule is CCCCCCCC1CCC(c2ccc(N(C)C)cc2)CC1. The van der Waals surface area contributed by atoms with Gasteiger partial charge in [0.25, 0.3) is 0 Å². The topological polar surface area (TPSA) is 3.24 Å². The minimum atomic E-state index is 0.813. The molecule has 1 fully saturated rings. The standard InChI is InChI=1S/C21H35N/c1-4-5-6-7-8-9-18-10-12-19(13-11-18)20-14-16-21(17-15-20)22(2)3/h14-19H,4-13H2,1-3H3. The molecule has 0 amide bonds. The van der Waals surface area contributed by atoms with Crippen LogP contribution in [0.3, 0.4) is 0 Å². The zero-order valence-corrected chi connectivity index (χ0v) is 15.0. The molecule has 0 heterocycles. The van der Waals surface area contributed by atoms with Crippen molar-refractivity contribution in [2.24, 2.45) is 5.92 Å². The quantitative estimate of drug-likeness (QED) is 0.503. The monoisotopic (exact) mass is 301 g/mol. The maximum absolute atomic E-state index is 2.35. The highest BCUT2D eigenvalue weighted by molar-refractivity contribution is 5.46. The number of hydrogen-bond acceptors (Lipinski definition) is 1. The lowest BCUT2D eigenvalue weighted by molar-refractivity contribution is 0.302. The first-order valence-corrected chi connectivity index (χ1v) is 9.48. The van der Waals surface area contributed by atoms with Crippen LogP contribution in [-0.2, 0) is 0 Å². The van der Waals surface area contributed by atoms with E-state index in [9.17, 15) is 0 Å². The molecule has 0 radical (unpaired) electrons. The molecule has 1 saturated carbocycles. The molecular formula is C21H35N. The molecule has 0 N–H and O–H groups in total. The van der Waals surface area contributed by atoms with E-state index in [1.807, 2.05) is 0 Å². The molecule has 0 unspecified atom stereocenters. The van der Waals surface area contributed by atoms with Gasteiger partial charge in [-0.3, -0.25) is 0 Å². The van der Waals surface area contributed by atoms with Crippen LogP contribution in [0.25, 0.3) is 0 Å². The molecule has 0 spiro atoms. The van der Waals surface area contributed by atoms with Crippen molar-refractivity contribution in [2.45, 2.75) is 77.0 Å². The lowest BCUT2D eigenvalue weighted by Crippen LogP contribution is -2.14. The van der Waals surface area contributed by atoms with Crippen LogP contribution in [0.5, 0.6) is 0 Å². The van der Waals surface area contributed by atoms with Crippen LogP contribution in [-0.4, -0.2) is 14.1 Å². The fourth-order valence-electron chi connectivity index (χ4n) is 3.87. The van der Waals surface area contributed by atoms with Crippen molar-refractivity contribution in [2.75, 3.05) is 19.0 Å². The van der Waals surface area contributed by atoms with Crippen LogP contribution in [0.1, 0.15) is 82.6 Å². The first-order chi connectivity index (χ1) is 10.7. The average molecular weight is 302 g/mol. The average Bonchev–Trinajstić information content (AvgIpc) is 2.55. The predicted octanol–water partition coefficient (Wildman–Crippen LogP) is 6.39. The molecule has 0 saturated heterocycles. The Kier molecular flexibility index (Phi) is 7.29. The largest absolute Gasteiger partial charge is 0.378 e. The van der Waals surface area contributed by atoms with Gasteiger partial charge < -0.3 is 4.90 Å². The summed E-state index contributed by atoms with van der Waals surface area (Å²) < 4.78 is 0. The van der Waals surface area contributed by atoms with E-state index in [1.165, 1.54) is 69.9 Å². The number of benzene rings is 1. The van der Waals surface area contributed by atoms with Crippen molar-refractivity contribution < 1.29 is 0 Å². The first-order valence-electron chi connectivity index (χ1n) is 9.48. The van der Waals surface area contributed by atoms with Crippen molar-refractivity contribution in [1.82, 2.24) is 0 Å². The van der Waals surface area contributed by atoms with Crippen molar-refractivity contribution in [1.29, 1.82) is 0 Å². The molecule has 0 aromatic heterocycles. The van der Waals surface area contributed by atoms with Gasteiger partial charge in [-0.05, 0) is 55.2 Å². The molecule has 0 atom stereocenters. The summed E-state index contributed by atoms with van der Waals surface area (Å²) in [7, 11) is 4.22. The number of hydrogen-bond donors (Lipinski definition) is 0. The third-order valence-corrected chi connectivity index (χ3v) is 5.44. The minimum absolute atomic E-state index is 0.813. The molecule has 1 aromatic rings. The molecule has 0 aliphatic heterocycles. The molecular weight excluding hydrogens is 266 g/mol. The van der Waals surface area contributed by atoms with Gasteiger partial charge in [-0.1, -0.05) is 57.6 Å². The van der Waals surface area contributed by atoms with Crippen LogP contribution < -0.4 is 4.90 Å². The highest BCUT2D eigenvalue weighted by Crippen LogP contribution is 2.38.